The van der Waals surface area contributed by atoms with Crippen LogP contribution in [0.25, 0.3) is 0 Å². The van der Waals surface area contributed by atoms with Crippen molar-refractivity contribution in [3.63, 3.8) is 0 Å². The maximum Gasteiger partial charge on any atom is 0.306 e. The summed E-state index contributed by atoms with van der Waals surface area (Å²) in [7, 11) is 0. The molecule has 0 bridgehead atoms. The van der Waals surface area contributed by atoms with Crippen LogP contribution in [-0.2, 0) is 14.3 Å². The molecule has 1 aliphatic heterocycles. The maximum absolute atomic E-state index is 11.6. The average Bonchev–Trinajstić information content (AvgIpc) is 2.71. The number of nitrogens with two attached hydrogens (primary N) is 1. The van der Waals surface area contributed by atoms with Crippen LogP contribution < -0.4 is 11.1 Å². The fourth-order valence-electron chi connectivity index (χ4n) is 2.22. The van der Waals surface area contributed by atoms with Gasteiger partial charge < -0.3 is 15.8 Å². The number of halogens is 1. The zero-order valence-electron chi connectivity index (χ0n) is 11.7. The van der Waals surface area contributed by atoms with Crippen molar-refractivity contribution in [2.75, 3.05) is 19.7 Å². The number of amides is 1. The van der Waals surface area contributed by atoms with Gasteiger partial charge in [-0.25, -0.2) is 0 Å². The Morgan fingerprint density at radius 3 is 2.68 bits per heavy atom. The highest BCUT2D eigenvalue weighted by molar-refractivity contribution is 5.85. The summed E-state index contributed by atoms with van der Waals surface area (Å²) >= 11 is 0. The van der Waals surface area contributed by atoms with Crippen LogP contribution in [0.2, 0.25) is 0 Å². The van der Waals surface area contributed by atoms with E-state index in [0.717, 1.165) is 6.42 Å². The summed E-state index contributed by atoms with van der Waals surface area (Å²) in [6, 6.07) is 0. The molecule has 0 aromatic heterocycles. The molecular formula is C13H25ClN2O3. The van der Waals surface area contributed by atoms with Gasteiger partial charge in [0, 0.05) is 25.3 Å². The summed E-state index contributed by atoms with van der Waals surface area (Å²) in [6.45, 7) is 5.68. The Morgan fingerprint density at radius 1 is 1.53 bits per heavy atom. The van der Waals surface area contributed by atoms with E-state index in [1.165, 1.54) is 0 Å². The van der Waals surface area contributed by atoms with Crippen LogP contribution >= 0.6 is 12.4 Å². The Bertz CT molecular complexity index is 298. The molecule has 1 aliphatic rings. The van der Waals surface area contributed by atoms with Gasteiger partial charge in [-0.1, -0.05) is 13.8 Å². The van der Waals surface area contributed by atoms with E-state index in [0.29, 0.717) is 38.5 Å². The smallest absolute Gasteiger partial charge is 0.306 e. The minimum atomic E-state index is -0.203. The van der Waals surface area contributed by atoms with E-state index < -0.39 is 0 Å². The topological polar surface area (TPSA) is 81.4 Å². The summed E-state index contributed by atoms with van der Waals surface area (Å²) in [5.41, 5.74) is 5.64. The molecule has 0 spiro atoms. The third kappa shape index (κ3) is 7.38. The van der Waals surface area contributed by atoms with E-state index in [4.69, 9.17) is 10.5 Å². The first-order valence-corrected chi connectivity index (χ1v) is 6.63. The molecule has 1 rings (SSSR count). The van der Waals surface area contributed by atoms with E-state index >= 15 is 0 Å². The van der Waals surface area contributed by atoms with Crippen molar-refractivity contribution in [3.8, 4) is 0 Å². The quantitative estimate of drug-likeness (QED) is 0.689. The van der Waals surface area contributed by atoms with Gasteiger partial charge in [-0.15, -0.1) is 12.4 Å². The predicted octanol–water partition coefficient (Wildman–Crippen LogP) is 1.10. The highest BCUT2D eigenvalue weighted by Gasteiger charge is 2.23. The number of hydrogen-bond acceptors (Lipinski definition) is 4. The molecule has 19 heavy (non-hydrogen) atoms. The Hall–Kier alpha value is -0.810. The van der Waals surface area contributed by atoms with Crippen molar-refractivity contribution in [1.29, 1.82) is 0 Å². The Labute approximate surface area is 121 Å². The molecule has 0 aromatic carbocycles. The van der Waals surface area contributed by atoms with E-state index in [9.17, 15) is 9.59 Å². The molecule has 112 valence electrons. The fraction of sp³-hybridized carbons (Fsp3) is 0.846. The molecule has 1 heterocycles. The lowest BCUT2D eigenvalue weighted by atomic mass is 9.94. The molecule has 1 unspecified atom stereocenters. The van der Waals surface area contributed by atoms with Crippen LogP contribution in [0.5, 0.6) is 0 Å². The minimum Gasteiger partial charge on any atom is -0.465 e. The third-order valence-electron chi connectivity index (χ3n) is 3.14. The molecule has 2 atom stereocenters. The second kappa shape index (κ2) is 9.15. The first kappa shape index (κ1) is 18.2. The monoisotopic (exact) mass is 292 g/mol. The molecule has 0 aromatic rings. The van der Waals surface area contributed by atoms with Crippen molar-refractivity contribution in [2.24, 2.45) is 23.5 Å². The van der Waals surface area contributed by atoms with Gasteiger partial charge in [-0.05, 0) is 24.8 Å². The highest BCUT2D eigenvalue weighted by Crippen LogP contribution is 2.16. The number of esters is 1. The molecular weight excluding hydrogens is 268 g/mol. The van der Waals surface area contributed by atoms with Gasteiger partial charge in [0.2, 0.25) is 5.91 Å². The van der Waals surface area contributed by atoms with Crippen molar-refractivity contribution < 1.29 is 14.3 Å². The minimum absolute atomic E-state index is 0. The molecule has 1 amide bonds. The standard InChI is InChI=1S/C13H24N2O3.ClH/c1-9(2)3-10(6-14)5-13(17)18-8-11-4-12(16)15-7-11;/h9-11H,3-8,14H2,1-2H3,(H,15,16);1H/t10-,11?;/m0./s1. The predicted molar refractivity (Wildman–Crippen MR) is 75.9 cm³/mol. The zero-order chi connectivity index (χ0) is 13.5. The van der Waals surface area contributed by atoms with Crippen LogP contribution in [0.1, 0.15) is 33.1 Å². The van der Waals surface area contributed by atoms with Gasteiger partial charge in [-0.2, -0.15) is 0 Å². The molecule has 3 N–H and O–H groups in total. The molecule has 6 heteroatoms. The van der Waals surface area contributed by atoms with Crippen molar-refractivity contribution >= 4 is 24.3 Å². The second-order valence-corrected chi connectivity index (χ2v) is 5.49. The summed E-state index contributed by atoms with van der Waals surface area (Å²) < 4.78 is 5.20. The average molecular weight is 293 g/mol. The van der Waals surface area contributed by atoms with Crippen molar-refractivity contribution in [1.82, 2.24) is 5.32 Å². The first-order chi connectivity index (χ1) is 8.51. The van der Waals surface area contributed by atoms with Gasteiger partial charge in [0.25, 0.3) is 0 Å². The molecule has 0 saturated carbocycles. The lowest BCUT2D eigenvalue weighted by molar-refractivity contribution is -0.146. The summed E-state index contributed by atoms with van der Waals surface area (Å²) in [5, 5.41) is 2.72. The zero-order valence-corrected chi connectivity index (χ0v) is 12.5. The van der Waals surface area contributed by atoms with Crippen LogP contribution in [0.3, 0.4) is 0 Å². The Morgan fingerprint density at radius 2 is 2.21 bits per heavy atom. The van der Waals surface area contributed by atoms with Gasteiger partial charge >= 0.3 is 5.97 Å². The number of ether oxygens (including phenoxy) is 1. The van der Waals surface area contributed by atoms with Gasteiger partial charge in [0.15, 0.2) is 0 Å². The number of carbonyl (C=O) groups is 2. The third-order valence-corrected chi connectivity index (χ3v) is 3.14. The fourth-order valence-corrected chi connectivity index (χ4v) is 2.22. The summed E-state index contributed by atoms with van der Waals surface area (Å²) in [5.74, 6) is 0.688. The first-order valence-electron chi connectivity index (χ1n) is 6.63. The van der Waals surface area contributed by atoms with Crippen molar-refractivity contribution in [3.05, 3.63) is 0 Å². The van der Waals surface area contributed by atoms with E-state index in [2.05, 4.69) is 19.2 Å². The van der Waals surface area contributed by atoms with E-state index in [1.54, 1.807) is 0 Å². The lowest BCUT2D eigenvalue weighted by Gasteiger charge is -2.16. The molecule has 1 saturated heterocycles. The molecule has 0 aliphatic carbocycles. The van der Waals surface area contributed by atoms with Crippen LogP contribution in [0, 0.1) is 17.8 Å². The lowest BCUT2D eigenvalue weighted by Crippen LogP contribution is -2.23. The summed E-state index contributed by atoms with van der Waals surface area (Å²) in [4.78, 5) is 22.6. The van der Waals surface area contributed by atoms with Crippen LogP contribution in [-0.4, -0.2) is 31.6 Å². The number of rotatable bonds is 7. The highest BCUT2D eigenvalue weighted by atomic mass is 35.5. The van der Waals surface area contributed by atoms with E-state index in [1.807, 2.05) is 0 Å². The summed E-state index contributed by atoms with van der Waals surface area (Å²) in [6.07, 6.45) is 1.78. The molecule has 1 fully saturated rings. The van der Waals surface area contributed by atoms with Crippen LogP contribution in [0.15, 0.2) is 0 Å². The van der Waals surface area contributed by atoms with Crippen LogP contribution in [0.4, 0.5) is 0 Å². The Balaban J connectivity index is 0.00000324. The van der Waals surface area contributed by atoms with Crippen molar-refractivity contribution in [2.45, 2.75) is 33.1 Å². The normalized spacial score (nSPS) is 19.8. The van der Waals surface area contributed by atoms with Gasteiger partial charge in [0.05, 0.1) is 6.61 Å². The number of nitrogens with one attached hydrogen (secondary N) is 1. The Kier molecular flexibility index (Phi) is 8.76. The SMILES string of the molecule is CC(C)C[C@H](CN)CC(=O)OCC1CNC(=O)C1.Cl. The molecule has 5 nitrogen and oxygen atoms in total. The maximum atomic E-state index is 11.6. The number of carbonyl (C=O) groups excluding carboxylic acids is 2. The van der Waals surface area contributed by atoms with Gasteiger partial charge in [-0.3, -0.25) is 9.59 Å². The van der Waals surface area contributed by atoms with E-state index in [-0.39, 0.29) is 36.1 Å². The largest absolute Gasteiger partial charge is 0.465 e. The van der Waals surface area contributed by atoms with Gasteiger partial charge in [0.1, 0.15) is 0 Å². The second-order valence-electron chi connectivity index (χ2n) is 5.49. The molecule has 0 radical (unpaired) electrons. The number of hydrogen-bond donors (Lipinski definition) is 2.